The van der Waals surface area contributed by atoms with Gasteiger partial charge in [-0.3, -0.25) is 0 Å². The number of hydrogen-bond donors (Lipinski definition) is 0. The molecule has 0 heterocycles. The third-order valence-electron chi connectivity index (χ3n) is 2.07. The Morgan fingerprint density at radius 1 is 1.60 bits per heavy atom. The number of alkyl halides is 1. The minimum atomic E-state index is 0.666. The van der Waals surface area contributed by atoms with Gasteiger partial charge in [0.2, 0.25) is 0 Å². The van der Waals surface area contributed by atoms with Gasteiger partial charge in [0, 0.05) is 5.88 Å². The van der Waals surface area contributed by atoms with Crippen LogP contribution in [-0.4, -0.2) is 5.88 Å². The predicted octanol–water partition coefficient (Wildman–Crippen LogP) is 3.46. The van der Waals surface area contributed by atoms with E-state index in [9.17, 15) is 0 Å². The summed E-state index contributed by atoms with van der Waals surface area (Å²) in [6.07, 6.45) is 4.24. The molecule has 2 unspecified atom stereocenters. The van der Waals surface area contributed by atoms with E-state index in [0.717, 1.165) is 12.3 Å². The molecule has 2 atom stereocenters. The molecule has 0 bridgehead atoms. The Kier molecular flexibility index (Phi) is 5.81. The van der Waals surface area contributed by atoms with Crippen LogP contribution in [0.1, 0.15) is 26.7 Å². The van der Waals surface area contributed by atoms with E-state index in [-0.39, 0.29) is 0 Å². The van der Waals surface area contributed by atoms with Crippen LogP contribution in [0.25, 0.3) is 0 Å². The summed E-state index contributed by atoms with van der Waals surface area (Å²) in [6, 6.07) is 0. The van der Waals surface area contributed by atoms with Gasteiger partial charge >= 0.3 is 0 Å². The van der Waals surface area contributed by atoms with Crippen molar-refractivity contribution in [2.24, 2.45) is 11.8 Å². The average molecular weight is 161 g/mol. The average Bonchev–Trinajstić information content (AvgIpc) is 1.91. The molecule has 0 amide bonds. The minimum Gasteiger partial charge on any atom is -0.126 e. The van der Waals surface area contributed by atoms with Crippen molar-refractivity contribution in [3.8, 4) is 0 Å². The van der Waals surface area contributed by atoms with E-state index in [1.54, 1.807) is 0 Å². The molecule has 0 nitrogen and oxygen atoms in total. The van der Waals surface area contributed by atoms with Crippen molar-refractivity contribution in [1.82, 2.24) is 0 Å². The Labute approximate surface area is 69.3 Å². The zero-order valence-electron chi connectivity index (χ0n) is 6.94. The summed E-state index contributed by atoms with van der Waals surface area (Å²) in [5.74, 6) is 2.14. The van der Waals surface area contributed by atoms with Crippen molar-refractivity contribution >= 4 is 11.6 Å². The lowest BCUT2D eigenvalue weighted by Gasteiger charge is -2.17. The van der Waals surface area contributed by atoms with Gasteiger partial charge in [-0.05, 0) is 18.3 Å². The highest BCUT2D eigenvalue weighted by Crippen LogP contribution is 2.20. The number of allylic oxidation sites excluding steroid dienone is 1. The highest BCUT2D eigenvalue weighted by Gasteiger charge is 2.11. The van der Waals surface area contributed by atoms with Crippen LogP contribution >= 0.6 is 11.6 Å². The Hall–Kier alpha value is 0.0300. The van der Waals surface area contributed by atoms with Crippen LogP contribution in [0, 0.1) is 11.8 Å². The molecule has 0 aromatic rings. The van der Waals surface area contributed by atoms with Gasteiger partial charge in [-0.25, -0.2) is 0 Å². The van der Waals surface area contributed by atoms with Gasteiger partial charge in [-0.1, -0.05) is 26.3 Å². The van der Waals surface area contributed by atoms with Crippen molar-refractivity contribution in [2.75, 3.05) is 5.88 Å². The normalized spacial score (nSPS) is 16.3. The summed E-state index contributed by atoms with van der Waals surface area (Å²) in [7, 11) is 0. The van der Waals surface area contributed by atoms with E-state index in [2.05, 4.69) is 20.4 Å². The van der Waals surface area contributed by atoms with Crippen LogP contribution in [0.15, 0.2) is 12.7 Å². The van der Waals surface area contributed by atoms with Gasteiger partial charge in [-0.15, -0.1) is 18.2 Å². The molecule has 60 valence electrons. The second kappa shape index (κ2) is 5.79. The Balaban J connectivity index is 3.63. The third-order valence-corrected chi connectivity index (χ3v) is 2.46. The first-order chi connectivity index (χ1) is 4.76. The molecule has 0 aliphatic heterocycles. The van der Waals surface area contributed by atoms with Crippen molar-refractivity contribution in [1.29, 1.82) is 0 Å². The smallest absolute Gasteiger partial charge is 0.0254 e. The summed E-state index contributed by atoms with van der Waals surface area (Å²) in [6.45, 7) is 8.13. The molecule has 0 aliphatic carbocycles. The molecule has 0 fully saturated rings. The molecule has 0 aliphatic rings. The van der Waals surface area contributed by atoms with Crippen molar-refractivity contribution in [2.45, 2.75) is 26.7 Å². The maximum Gasteiger partial charge on any atom is 0.0254 e. The van der Waals surface area contributed by atoms with Gasteiger partial charge in [0.25, 0.3) is 0 Å². The molecule has 0 saturated heterocycles. The lowest BCUT2D eigenvalue weighted by atomic mass is 9.91. The topological polar surface area (TPSA) is 0 Å². The highest BCUT2D eigenvalue weighted by atomic mass is 35.5. The fourth-order valence-corrected chi connectivity index (χ4v) is 1.64. The van der Waals surface area contributed by atoms with Gasteiger partial charge < -0.3 is 0 Å². The lowest BCUT2D eigenvalue weighted by molar-refractivity contribution is 0.385. The molecular weight excluding hydrogens is 144 g/mol. The van der Waals surface area contributed by atoms with Gasteiger partial charge in [-0.2, -0.15) is 0 Å². The molecule has 0 saturated carbocycles. The van der Waals surface area contributed by atoms with Crippen LogP contribution in [0.3, 0.4) is 0 Å². The van der Waals surface area contributed by atoms with E-state index in [0.29, 0.717) is 11.8 Å². The van der Waals surface area contributed by atoms with Gasteiger partial charge in [0.05, 0.1) is 0 Å². The SMILES string of the molecule is C=CCC(C)C(CC)CCl. The summed E-state index contributed by atoms with van der Waals surface area (Å²) >= 11 is 5.76. The second-order valence-corrected chi connectivity index (χ2v) is 3.13. The number of hydrogen-bond acceptors (Lipinski definition) is 0. The maximum absolute atomic E-state index is 5.76. The standard InChI is InChI=1S/C9H17Cl/c1-4-6-8(3)9(5-2)7-10/h4,8-9H,1,5-7H2,2-3H3. The Bertz CT molecular complexity index is 84.7. The molecule has 0 aromatic carbocycles. The van der Waals surface area contributed by atoms with Crippen LogP contribution in [0.2, 0.25) is 0 Å². The fourth-order valence-electron chi connectivity index (χ4n) is 1.12. The van der Waals surface area contributed by atoms with Crippen molar-refractivity contribution < 1.29 is 0 Å². The van der Waals surface area contributed by atoms with Gasteiger partial charge in [0.1, 0.15) is 0 Å². The monoisotopic (exact) mass is 160 g/mol. The van der Waals surface area contributed by atoms with Gasteiger partial charge in [0.15, 0.2) is 0 Å². The minimum absolute atomic E-state index is 0.666. The first-order valence-electron chi connectivity index (χ1n) is 3.93. The summed E-state index contributed by atoms with van der Waals surface area (Å²) in [5, 5.41) is 0. The second-order valence-electron chi connectivity index (χ2n) is 2.82. The Morgan fingerprint density at radius 2 is 2.20 bits per heavy atom. The van der Waals surface area contributed by atoms with Crippen LogP contribution in [-0.2, 0) is 0 Å². The number of halogens is 1. The van der Waals surface area contributed by atoms with E-state index in [1.165, 1.54) is 6.42 Å². The lowest BCUT2D eigenvalue weighted by Crippen LogP contribution is -2.11. The fraction of sp³-hybridized carbons (Fsp3) is 0.778. The summed E-state index contributed by atoms with van der Waals surface area (Å²) < 4.78 is 0. The Morgan fingerprint density at radius 3 is 2.50 bits per heavy atom. The number of rotatable bonds is 5. The maximum atomic E-state index is 5.76. The first kappa shape index (κ1) is 10.0. The zero-order valence-corrected chi connectivity index (χ0v) is 7.69. The summed E-state index contributed by atoms with van der Waals surface area (Å²) in [4.78, 5) is 0. The molecule has 0 radical (unpaired) electrons. The van der Waals surface area contributed by atoms with E-state index >= 15 is 0 Å². The molecule has 0 rings (SSSR count). The van der Waals surface area contributed by atoms with Crippen LogP contribution < -0.4 is 0 Å². The van der Waals surface area contributed by atoms with Crippen molar-refractivity contribution in [3.63, 3.8) is 0 Å². The third kappa shape index (κ3) is 3.26. The molecular formula is C9H17Cl. The highest BCUT2D eigenvalue weighted by molar-refractivity contribution is 6.18. The summed E-state index contributed by atoms with van der Waals surface area (Å²) in [5.41, 5.74) is 0. The predicted molar refractivity (Wildman–Crippen MR) is 48.5 cm³/mol. The molecule has 0 aromatic heterocycles. The van der Waals surface area contributed by atoms with E-state index < -0.39 is 0 Å². The zero-order chi connectivity index (χ0) is 7.98. The van der Waals surface area contributed by atoms with E-state index in [4.69, 9.17) is 11.6 Å². The quantitative estimate of drug-likeness (QED) is 0.427. The molecule has 10 heavy (non-hydrogen) atoms. The first-order valence-corrected chi connectivity index (χ1v) is 4.46. The van der Waals surface area contributed by atoms with E-state index in [1.807, 2.05) is 6.08 Å². The molecule has 1 heteroatoms. The molecule has 0 spiro atoms. The molecule has 0 N–H and O–H groups in total. The van der Waals surface area contributed by atoms with Crippen molar-refractivity contribution in [3.05, 3.63) is 12.7 Å². The largest absolute Gasteiger partial charge is 0.126 e. The van der Waals surface area contributed by atoms with Crippen LogP contribution in [0.4, 0.5) is 0 Å². The van der Waals surface area contributed by atoms with Crippen LogP contribution in [0.5, 0.6) is 0 Å².